The lowest BCUT2D eigenvalue weighted by atomic mass is 9.77. The number of aliphatic carboxylic acids is 1. The SMILES string of the molecule is CC1CCCC(NS(=O)(=O)C(F)(F)F)(C(=O)O)C1. The van der Waals surface area contributed by atoms with Crippen molar-refractivity contribution in [2.24, 2.45) is 5.92 Å². The molecule has 1 aliphatic rings. The Morgan fingerprint density at radius 2 is 2.00 bits per heavy atom. The van der Waals surface area contributed by atoms with Gasteiger partial charge in [-0.05, 0) is 18.8 Å². The number of carboxylic acid groups (broad SMARTS) is 1. The molecule has 9 heteroatoms. The number of hydrogen-bond donors (Lipinski definition) is 2. The van der Waals surface area contributed by atoms with Gasteiger partial charge < -0.3 is 5.11 Å². The molecule has 2 unspecified atom stereocenters. The minimum Gasteiger partial charge on any atom is -0.480 e. The second kappa shape index (κ2) is 4.69. The van der Waals surface area contributed by atoms with Gasteiger partial charge in [-0.15, -0.1) is 0 Å². The molecule has 0 bridgehead atoms. The maximum atomic E-state index is 12.3. The van der Waals surface area contributed by atoms with Crippen LogP contribution in [0.15, 0.2) is 0 Å². The smallest absolute Gasteiger partial charge is 0.480 e. The number of alkyl halides is 3. The average Bonchev–Trinajstić information content (AvgIpc) is 2.14. The van der Waals surface area contributed by atoms with Crippen LogP contribution in [0.25, 0.3) is 0 Å². The molecule has 0 aromatic heterocycles. The topological polar surface area (TPSA) is 83.5 Å². The van der Waals surface area contributed by atoms with Crippen molar-refractivity contribution in [2.45, 2.75) is 43.7 Å². The van der Waals surface area contributed by atoms with E-state index in [1.165, 1.54) is 4.72 Å². The zero-order valence-corrected chi connectivity index (χ0v) is 10.4. The zero-order valence-electron chi connectivity index (χ0n) is 9.62. The van der Waals surface area contributed by atoms with E-state index in [-0.39, 0.29) is 18.8 Å². The summed E-state index contributed by atoms with van der Waals surface area (Å²) in [7, 11) is -5.66. The van der Waals surface area contributed by atoms with E-state index in [0.717, 1.165) is 0 Å². The van der Waals surface area contributed by atoms with Gasteiger partial charge in [-0.25, -0.2) is 8.42 Å². The second-order valence-electron chi connectivity index (χ2n) is 4.64. The molecule has 0 heterocycles. The van der Waals surface area contributed by atoms with Gasteiger partial charge in [0, 0.05) is 0 Å². The van der Waals surface area contributed by atoms with Crippen molar-refractivity contribution in [1.82, 2.24) is 4.72 Å². The van der Waals surface area contributed by atoms with E-state index in [1.807, 2.05) is 0 Å². The third-order valence-electron chi connectivity index (χ3n) is 3.04. The average molecular weight is 289 g/mol. The van der Waals surface area contributed by atoms with E-state index < -0.39 is 27.0 Å². The Bertz CT molecular complexity index is 434. The summed E-state index contributed by atoms with van der Waals surface area (Å²) in [6.45, 7) is 1.68. The van der Waals surface area contributed by atoms with Crippen molar-refractivity contribution in [3.63, 3.8) is 0 Å². The summed E-state index contributed by atoms with van der Waals surface area (Å²) in [5, 5.41) is 9.04. The van der Waals surface area contributed by atoms with Crippen molar-refractivity contribution in [2.75, 3.05) is 0 Å². The molecule has 0 amide bonds. The third-order valence-corrected chi connectivity index (χ3v) is 4.31. The highest BCUT2D eigenvalue weighted by Gasteiger charge is 2.53. The van der Waals surface area contributed by atoms with Gasteiger partial charge in [0.05, 0.1) is 0 Å². The van der Waals surface area contributed by atoms with Crippen molar-refractivity contribution in [3.05, 3.63) is 0 Å². The quantitative estimate of drug-likeness (QED) is 0.824. The van der Waals surface area contributed by atoms with E-state index >= 15 is 0 Å². The molecule has 5 nitrogen and oxygen atoms in total. The van der Waals surface area contributed by atoms with Crippen LogP contribution in [-0.4, -0.2) is 30.5 Å². The molecule has 2 atom stereocenters. The highest BCUT2D eigenvalue weighted by atomic mass is 32.2. The Morgan fingerprint density at radius 3 is 2.39 bits per heavy atom. The summed E-state index contributed by atoms with van der Waals surface area (Å²) in [5.74, 6) is -1.72. The number of carbonyl (C=O) groups is 1. The molecular formula is C9H14F3NO4S. The molecule has 1 rings (SSSR count). The van der Waals surface area contributed by atoms with Crippen molar-refractivity contribution < 1.29 is 31.5 Å². The van der Waals surface area contributed by atoms with E-state index in [2.05, 4.69) is 0 Å². The normalized spacial score (nSPS) is 30.1. The Kier molecular flexibility index (Phi) is 3.97. The Hall–Kier alpha value is -0.830. The molecule has 1 aliphatic carbocycles. The maximum Gasteiger partial charge on any atom is 0.511 e. The minimum atomic E-state index is -5.66. The van der Waals surface area contributed by atoms with Crippen LogP contribution in [-0.2, 0) is 14.8 Å². The lowest BCUT2D eigenvalue weighted by Gasteiger charge is -2.36. The molecule has 2 N–H and O–H groups in total. The number of nitrogens with one attached hydrogen (secondary N) is 1. The molecule has 1 fully saturated rings. The van der Waals surface area contributed by atoms with Crippen LogP contribution in [0.4, 0.5) is 13.2 Å². The lowest BCUT2D eigenvalue weighted by Crippen LogP contribution is -2.59. The van der Waals surface area contributed by atoms with Crippen LogP contribution >= 0.6 is 0 Å². The standard InChI is InChI=1S/C9H14F3NO4S/c1-6-3-2-4-8(5-6,7(14)15)13-18(16,17)9(10,11)12/h6,13H,2-5H2,1H3,(H,14,15). The summed E-state index contributed by atoms with van der Waals surface area (Å²) >= 11 is 0. The molecule has 1 saturated carbocycles. The molecular weight excluding hydrogens is 275 g/mol. The second-order valence-corrected chi connectivity index (χ2v) is 6.31. The summed E-state index contributed by atoms with van der Waals surface area (Å²) in [6.07, 6.45) is 0.760. The van der Waals surface area contributed by atoms with Crippen LogP contribution in [0.5, 0.6) is 0 Å². The van der Waals surface area contributed by atoms with Gasteiger partial charge >= 0.3 is 21.5 Å². The molecule has 0 aliphatic heterocycles. The summed E-state index contributed by atoms with van der Waals surface area (Å²) in [5.41, 5.74) is -7.55. The van der Waals surface area contributed by atoms with E-state index in [1.54, 1.807) is 6.92 Å². The first-order valence-electron chi connectivity index (χ1n) is 5.34. The van der Waals surface area contributed by atoms with Crippen LogP contribution in [0.3, 0.4) is 0 Å². The number of rotatable bonds is 3. The molecule has 0 radical (unpaired) electrons. The fraction of sp³-hybridized carbons (Fsp3) is 0.889. The first kappa shape index (κ1) is 15.2. The fourth-order valence-corrected chi connectivity index (χ4v) is 3.10. The van der Waals surface area contributed by atoms with Gasteiger partial charge in [0.15, 0.2) is 0 Å². The van der Waals surface area contributed by atoms with Crippen molar-refractivity contribution in [1.29, 1.82) is 0 Å². The predicted octanol–water partition coefficient (Wildman–Crippen LogP) is 1.46. The van der Waals surface area contributed by atoms with Gasteiger partial charge in [0.25, 0.3) is 0 Å². The highest BCUT2D eigenvalue weighted by Crippen LogP contribution is 2.35. The highest BCUT2D eigenvalue weighted by molar-refractivity contribution is 7.90. The van der Waals surface area contributed by atoms with Crippen LogP contribution in [0.1, 0.15) is 32.6 Å². The van der Waals surface area contributed by atoms with E-state index in [4.69, 9.17) is 5.11 Å². The Balaban J connectivity index is 3.05. The molecule has 0 aromatic rings. The summed E-state index contributed by atoms with van der Waals surface area (Å²) < 4.78 is 60.2. The minimum absolute atomic E-state index is 0.137. The van der Waals surface area contributed by atoms with Gasteiger partial charge in [0.1, 0.15) is 5.54 Å². The van der Waals surface area contributed by atoms with Crippen LogP contribution < -0.4 is 4.72 Å². The molecule has 0 spiro atoms. The molecule has 18 heavy (non-hydrogen) atoms. The van der Waals surface area contributed by atoms with Gasteiger partial charge in [-0.2, -0.15) is 17.9 Å². The van der Waals surface area contributed by atoms with E-state index in [0.29, 0.717) is 12.8 Å². The largest absolute Gasteiger partial charge is 0.511 e. The monoisotopic (exact) mass is 289 g/mol. The number of carboxylic acids is 1. The van der Waals surface area contributed by atoms with Gasteiger partial charge in [0.2, 0.25) is 0 Å². The maximum absolute atomic E-state index is 12.3. The van der Waals surface area contributed by atoms with Crippen LogP contribution in [0, 0.1) is 5.92 Å². The Morgan fingerprint density at radius 1 is 1.44 bits per heavy atom. The van der Waals surface area contributed by atoms with Crippen molar-refractivity contribution >= 4 is 16.0 Å². The number of sulfonamides is 1. The van der Waals surface area contributed by atoms with Gasteiger partial charge in [-0.1, -0.05) is 19.8 Å². The molecule has 0 saturated heterocycles. The zero-order chi connectivity index (χ0) is 14.2. The third kappa shape index (κ3) is 2.94. The first-order valence-corrected chi connectivity index (χ1v) is 6.82. The first-order chi connectivity index (χ1) is 8.00. The van der Waals surface area contributed by atoms with Gasteiger partial charge in [-0.3, -0.25) is 4.79 Å². The summed E-state index contributed by atoms with van der Waals surface area (Å²) in [4.78, 5) is 11.1. The van der Waals surface area contributed by atoms with E-state index in [9.17, 15) is 26.4 Å². The van der Waals surface area contributed by atoms with Crippen molar-refractivity contribution in [3.8, 4) is 0 Å². The number of hydrogen-bond acceptors (Lipinski definition) is 3. The van der Waals surface area contributed by atoms with Crippen LogP contribution in [0.2, 0.25) is 0 Å². The number of halogens is 3. The lowest BCUT2D eigenvalue weighted by molar-refractivity contribution is -0.146. The molecule has 0 aromatic carbocycles. The Labute approximate surface area is 102 Å². The summed E-state index contributed by atoms with van der Waals surface area (Å²) in [6, 6.07) is 0. The fourth-order valence-electron chi connectivity index (χ4n) is 2.20. The molecule has 106 valence electrons. The predicted molar refractivity (Wildman–Crippen MR) is 56.1 cm³/mol.